The van der Waals surface area contributed by atoms with Crippen LogP contribution in [0.25, 0.3) is 86.4 Å². The van der Waals surface area contributed by atoms with Crippen molar-refractivity contribution in [2.24, 2.45) is 4.99 Å². The molecule has 0 fully saturated rings. The highest BCUT2D eigenvalue weighted by molar-refractivity contribution is 7.26. The molecule has 2 aliphatic carbocycles. The van der Waals surface area contributed by atoms with Crippen molar-refractivity contribution < 1.29 is 0 Å². The standard InChI is InChI=1S/C63H38N4S/c1-4-18-37(19-5-1)50-36-51(65-62(64-50)38-20-6-2-7-21-38)48-35-40(34-47-42-25-12-15-33-54(42)68-61(47)48)67-53-32-17-28-45-55-44-26-11-14-31-52(44)66(39-22-8-3-9-23-39)60(55)57-46-29-16-27-43-41-24-10-13-30-49(41)63(67,58(43)46)59(57)56(45)53/h1-36,62,65H. The topological polar surface area (TPSA) is 32.6 Å². The predicted octanol–water partition coefficient (Wildman–Crippen LogP) is 15.8. The summed E-state index contributed by atoms with van der Waals surface area (Å²) in [6, 6.07) is 78.6. The highest BCUT2D eigenvalue weighted by Crippen LogP contribution is 2.72. The van der Waals surface area contributed by atoms with E-state index in [-0.39, 0.29) is 6.17 Å². The number of nitrogens with one attached hydrogen (secondary N) is 1. The van der Waals surface area contributed by atoms with Gasteiger partial charge < -0.3 is 14.8 Å². The molecule has 0 saturated carbocycles. The van der Waals surface area contributed by atoms with Gasteiger partial charge >= 0.3 is 0 Å². The summed E-state index contributed by atoms with van der Waals surface area (Å²) < 4.78 is 5.08. The largest absolute Gasteiger partial charge is 0.359 e. The summed E-state index contributed by atoms with van der Waals surface area (Å²) in [7, 11) is 0. The molecule has 68 heavy (non-hydrogen) atoms. The van der Waals surface area contributed by atoms with Crippen LogP contribution in [0.15, 0.2) is 223 Å². The van der Waals surface area contributed by atoms with Crippen molar-refractivity contribution in [1.82, 2.24) is 9.88 Å². The van der Waals surface area contributed by atoms with Crippen molar-refractivity contribution in [2.45, 2.75) is 11.7 Å². The molecular formula is C63H38N4S. The van der Waals surface area contributed by atoms with Gasteiger partial charge in [-0.25, -0.2) is 0 Å². The highest BCUT2D eigenvalue weighted by atomic mass is 32.1. The number of hydrogen-bond donors (Lipinski definition) is 1. The lowest BCUT2D eigenvalue weighted by Crippen LogP contribution is -2.39. The van der Waals surface area contributed by atoms with E-state index in [1.807, 2.05) is 11.3 Å². The van der Waals surface area contributed by atoms with E-state index in [1.165, 1.54) is 109 Å². The van der Waals surface area contributed by atoms with Crippen LogP contribution >= 0.6 is 11.3 Å². The van der Waals surface area contributed by atoms with Gasteiger partial charge in [0.25, 0.3) is 0 Å². The van der Waals surface area contributed by atoms with Gasteiger partial charge in [0, 0.05) is 75.7 Å². The number of thiophene rings is 1. The quantitative estimate of drug-likeness (QED) is 0.187. The van der Waals surface area contributed by atoms with E-state index in [1.54, 1.807) is 0 Å². The SMILES string of the molecule is C1=C(c2cc(N3c4cccc5c4c4c(c6c5c5ccccc5n6-c5ccccc5)-c5cccc6c5C43c3ccccc3-6)cc3c2sc2ccccc23)NC(c2ccccc2)N=C1c1ccccc1. The first-order valence-corrected chi connectivity index (χ1v) is 24.3. The molecule has 4 heterocycles. The summed E-state index contributed by atoms with van der Waals surface area (Å²) in [4.78, 5) is 8.13. The molecule has 1 N–H and O–H groups in total. The third-order valence-electron chi connectivity index (χ3n) is 15.2. The number of hydrogen-bond acceptors (Lipinski definition) is 4. The number of fused-ring (bicyclic) bond motifs is 11. The molecule has 1 spiro atoms. The van der Waals surface area contributed by atoms with Crippen molar-refractivity contribution >= 4 is 86.9 Å². The minimum Gasteiger partial charge on any atom is -0.359 e. The Morgan fingerprint density at radius 3 is 2.07 bits per heavy atom. The lowest BCUT2D eigenvalue weighted by atomic mass is 9.82. The third kappa shape index (κ3) is 4.56. The zero-order chi connectivity index (χ0) is 44.2. The summed E-state index contributed by atoms with van der Waals surface area (Å²) in [5.74, 6) is 0. The van der Waals surface area contributed by atoms with Crippen molar-refractivity contribution in [3.05, 3.63) is 252 Å². The molecule has 2 unspecified atom stereocenters. The molecule has 2 atom stereocenters. The molecule has 2 aromatic heterocycles. The molecule has 0 saturated heterocycles. The monoisotopic (exact) mass is 882 g/mol. The molecule has 0 bridgehead atoms. The fourth-order valence-electron chi connectivity index (χ4n) is 12.7. The fourth-order valence-corrected chi connectivity index (χ4v) is 13.9. The predicted molar refractivity (Wildman–Crippen MR) is 284 cm³/mol. The first-order valence-electron chi connectivity index (χ1n) is 23.5. The Morgan fingerprint density at radius 1 is 0.515 bits per heavy atom. The molecule has 0 radical (unpaired) electrons. The number of para-hydroxylation sites is 2. The maximum atomic E-state index is 5.38. The van der Waals surface area contributed by atoms with Gasteiger partial charge in [0.05, 0.1) is 22.4 Å². The molecule has 0 amide bonds. The number of aromatic nitrogens is 1. The summed E-state index contributed by atoms with van der Waals surface area (Å²) in [5, 5.41) is 11.7. The van der Waals surface area contributed by atoms with E-state index in [4.69, 9.17) is 4.99 Å². The number of allylic oxidation sites excluding steroid dienone is 1. The van der Waals surface area contributed by atoms with Crippen molar-refractivity contribution in [1.29, 1.82) is 0 Å². The van der Waals surface area contributed by atoms with E-state index in [0.717, 1.165) is 28.2 Å². The van der Waals surface area contributed by atoms with Gasteiger partial charge in [0.2, 0.25) is 0 Å². The van der Waals surface area contributed by atoms with Crippen LogP contribution < -0.4 is 10.2 Å². The lowest BCUT2D eigenvalue weighted by Gasteiger charge is -2.39. The highest BCUT2D eigenvalue weighted by Gasteiger charge is 2.60. The van der Waals surface area contributed by atoms with Crippen LogP contribution in [0.4, 0.5) is 11.4 Å². The Labute approximate surface area is 396 Å². The second kappa shape index (κ2) is 13.3. The van der Waals surface area contributed by atoms with Crippen molar-refractivity contribution in [2.75, 3.05) is 4.90 Å². The summed E-state index contributed by atoms with van der Waals surface area (Å²) in [6.07, 6.45) is 2.01. The van der Waals surface area contributed by atoms with Crippen LogP contribution in [0, 0.1) is 0 Å². The van der Waals surface area contributed by atoms with Gasteiger partial charge in [-0.05, 0) is 87.3 Å². The maximum absolute atomic E-state index is 5.38. The lowest BCUT2D eigenvalue weighted by molar-refractivity contribution is 0.664. The van der Waals surface area contributed by atoms with E-state index < -0.39 is 5.54 Å². The molecule has 10 aromatic carbocycles. The number of benzene rings is 10. The van der Waals surface area contributed by atoms with Crippen LogP contribution in [0.2, 0.25) is 0 Å². The third-order valence-corrected chi connectivity index (χ3v) is 16.4. The van der Waals surface area contributed by atoms with Crippen LogP contribution in [0.5, 0.6) is 0 Å². The van der Waals surface area contributed by atoms with Crippen molar-refractivity contribution in [3.63, 3.8) is 0 Å². The minimum atomic E-state index is -0.639. The molecule has 4 nitrogen and oxygen atoms in total. The fraction of sp³-hybridized carbons (Fsp3) is 0.0317. The first kappa shape index (κ1) is 36.7. The number of aliphatic imine (C=N–C) groups is 1. The zero-order valence-electron chi connectivity index (χ0n) is 36.6. The average molecular weight is 883 g/mol. The molecule has 16 rings (SSSR count). The minimum absolute atomic E-state index is 0.269. The second-order valence-corrected chi connectivity index (χ2v) is 19.6. The summed E-state index contributed by atoms with van der Waals surface area (Å²) in [6.45, 7) is 0. The number of rotatable bonds is 5. The number of anilines is 2. The number of nitrogens with zero attached hydrogens (tertiary/aromatic N) is 3. The Hall–Kier alpha value is -8.51. The van der Waals surface area contributed by atoms with E-state index >= 15 is 0 Å². The van der Waals surface area contributed by atoms with Gasteiger partial charge in [-0.2, -0.15) is 0 Å². The molecule has 12 aromatic rings. The van der Waals surface area contributed by atoms with E-state index in [2.05, 4.69) is 233 Å². The van der Waals surface area contributed by atoms with Gasteiger partial charge in [-0.15, -0.1) is 11.3 Å². The molecule has 316 valence electrons. The molecule has 5 heteroatoms. The Kier molecular flexibility index (Phi) is 7.18. The summed E-state index contributed by atoms with van der Waals surface area (Å²) >= 11 is 1.88. The van der Waals surface area contributed by atoms with Gasteiger partial charge in [0.15, 0.2) is 0 Å². The van der Waals surface area contributed by atoms with Gasteiger partial charge in [0.1, 0.15) is 11.7 Å². The first-order chi connectivity index (χ1) is 33.8. The smallest absolute Gasteiger partial charge is 0.145 e. The van der Waals surface area contributed by atoms with Crippen LogP contribution in [0.1, 0.15) is 39.5 Å². The Balaban J connectivity index is 1.05. The maximum Gasteiger partial charge on any atom is 0.145 e. The van der Waals surface area contributed by atoms with Gasteiger partial charge in [-0.3, -0.25) is 4.99 Å². The summed E-state index contributed by atoms with van der Waals surface area (Å²) in [5.41, 5.74) is 20.2. The average Bonchev–Trinajstić information content (AvgIpc) is 4.19. The zero-order valence-corrected chi connectivity index (χ0v) is 37.4. The van der Waals surface area contributed by atoms with Crippen molar-refractivity contribution in [3.8, 4) is 27.9 Å². The van der Waals surface area contributed by atoms with Gasteiger partial charge in [-0.1, -0.05) is 170 Å². The normalized spacial score (nSPS) is 17.3. The second-order valence-electron chi connectivity index (χ2n) is 18.5. The van der Waals surface area contributed by atoms with Crippen LogP contribution in [-0.4, -0.2) is 10.3 Å². The van der Waals surface area contributed by atoms with Crippen LogP contribution in [0.3, 0.4) is 0 Å². The molecule has 2 aliphatic heterocycles. The molecular weight excluding hydrogens is 845 g/mol. The van der Waals surface area contributed by atoms with Crippen LogP contribution in [-0.2, 0) is 5.54 Å². The van der Waals surface area contributed by atoms with E-state index in [9.17, 15) is 0 Å². The molecule has 4 aliphatic rings. The Morgan fingerprint density at radius 2 is 1.21 bits per heavy atom. The Bertz CT molecular complexity index is 4240. The van der Waals surface area contributed by atoms with E-state index in [0.29, 0.717) is 0 Å².